The van der Waals surface area contributed by atoms with Crippen LogP contribution in [0.5, 0.6) is 0 Å². The summed E-state index contributed by atoms with van der Waals surface area (Å²) in [7, 11) is 0. The molecule has 1 aliphatic carbocycles. The zero-order chi connectivity index (χ0) is 23.0. The molecule has 1 heterocycles. The van der Waals surface area contributed by atoms with E-state index in [9.17, 15) is 22.8 Å². The second kappa shape index (κ2) is 10.5. The smallest absolute Gasteiger partial charge is 0.475 e. The molecule has 1 aliphatic rings. The van der Waals surface area contributed by atoms with Crippen LogP contribution in [-0.2, 0) is 9.59 Å². The average Bonchev–Trinajstić information content (AvgIpc) is 3.21. The van der Waals surface area contributed by atoms with Crippen molar-refractivity contribution in [1.29, 1.82) is 0 Å². The van der Waals surface area contributed by atoms with E-state index >= 15 is 0 Å². The van der Waals surface area contributed by atoms with Crippen molar-refractivity contribution in [2.24, 2.45) is 5.92 Å². The fourth-order valence-electron chi connectivity index (χ4n) is 3.14. The minimum atomic E-state index is -5.08. The van der Waals surface area contributed by atoms with E-state index in [2.05, 4.69) is 10.3 Å². The second-order valence-electron chi connectivity index (χ2n) is 6.71. The van der Waals surface area contributed by atoms with Crippen LogP contribution in [0.1, 0.15) is 29.6 Å². The molecule has 0 saturated heterocycles. The maximum atomic E-state index is 12.4. The normalized spacial score (nSPS) is 17.8. The predicted octanol–water partition coefficient (Wildman–Crippen LogP) is 2.79. The molecule has 3 rings (SSSR count). The van der Waals surface area contributed by atoms with E-state index in [0.29, 0.717) is 12.0 Å². The number of hydrogen-bond donors (Lipinski definition) is 4. The molecule has 31 heavy (non-hydrogen) atoms. The van der Waals surface area contributed by atoms with Gasteiger partial charge in [-0.3, -0.25) is 19.8 Å². The summed E-state index contributed by atoms with van der Waals surface area (Å²) in [6.45, 7) is 0. The molecule has 4 N–H and O–H groups in total. The minimum absolute atomic E-state index is 0.209. The Bertz CT molecular complexity index is 905. The van der Waals surface area contributed by atoms with Crippen molar-refractivity contribution in [3.05, 3.63) is 54.4 Å². The van der Waals surface area contributed by atoms with Crippen molar-refractivity contribution in [3.8, 4) is 11.1 Å². The standard InChI is InChI=1S/C18H19N3O3.C2HF3O2/c22-17(20-16-3-1-2-15(16)18(23)21-24)14-6-4-12(5-7-14)13-8-10-19-11-9-13;3-2(4,5)1(6)7/h4-11,15-16,24H,1-3H2,(H,20,22)(H,21,23);(H,6,7)/t15-,16+;/m0./s1. The van der Waals surface area contributed by atoms with E-state index in [1.807, 2.05) is 24.3 Å². The highest BCUT2D eigenvalue weighted by Crippen LogP contribution is 2.26. The molecule has 166 valence electrons. The van der Waals surface area contributed by atoms with Gasteiger partial charge < -0.3 is 10.4 Å². The van der Waals surface area contributed by atoms with E-state index in [1.54, 1.807) is 30.0 Å². The summed E-state index contributed by atoms with van der Waals surface area (Å²) in [6, 6.07) is 10.9. The quantitative estimate of drug-likeness (QED) is 0.428. The Morgan fingerprint density at radius 3 is 2.03 bits per heavy atom. The topological polar surface area (TPSA) is 129 Å². The van der Waals surface area contributed by atoms with E-state index in [0.717, 1.165) is 24.0 Å². The van der Waals surface area contributed by atoms with Gasteiger partial charge in [-0.15, -0.1) is 0 Å². The molecule has 0 radical (unpaired) electrons. The number of hydrogen-bond acceptors (Lipinski definition) is 5. The number of hydroxylamine groups is 1. The number of benzene rings is 1. The molecule has 11 heteroatoms. The molecular weight excluding hydrogens is 419 g/mol. The predicted molar refractivity (Wildman–Crippen MR) is 102 cm³/mol. The first kappa shape index (κ1) is 23.8. The van der Waals surface area contributed by atoms with Crippen LogP contribution in [0.3, 0.4) is 0 Å². The number of carbonyl (C=O) groups is 3. The van der Waals surface area contributed by atoms with Gasteiger partial charge >= 0.3 is 12.1 Å². The van der Waals surface area contributed by atoms with Crippen LogP contribution in [-0.4, -0.2) is 45.3 Å². The molecule has 2 atom stereocenters. The van der Waals surface area contributed by atoms with Crippen LogP contribution in [0.25, 0.3) is 11.1 Å². The lowest BCUT2D eigenvalue weighted by atomic mass is 10.0. The fourth-order valence-corrected chi connectivity index (χ4v) is 3.14. The monoisotopic (exact) mass is 439 g/mol. The molecule has 0 spiro atoms. The average molecular weight is 439 g/mol. The third-order valence-electron chi connectivity index (χ3n) is 4.68. The van der Waals surface area contributed by atoms with Gasteiger partial charge in [-0.25, -0.2) is 10.3 Å². The van der Waals surface area contributed by atoms with Crippen LogP contribution in [0.4, 0.5) is 13.2 Å². The number of rotatable bonds is 4. The van der Waals surface area contributed by atoms with Gasteiger partial charge in [0.25, 0.3) is 5.91 Å². The molecule has 1 fully saturated rings. The number of nitrogens with zero attached hydrogens (tertiary/aromatic N) is 1. The molecule has 1 aromatic heterocycles. The van der Waals surface area contributed by atoms with E-state index in [4.69, 9.17) is 15.1 Å². The Balaban J connectivity index is 0.000000423. The number of amides is 2. The van der Waals surface area contributed by atoms with Crippen LogP contribution < -0.4 is 10.8 Å². The number of aromatic nitrogens is 1. The number of aliphatic carboxylic acids is 1. The van der Waals surface area contributed by atoms with Gasteiger partial charge in [0, 0.05) is 24.0 Å². The van der Waals surface area contributed by atoms with E-state index < -0.39 is 18.1 Å². The lowest BCUT2D eigenvalue weighted by Crippen LogP contribution is -2.43. The van der Waals surface area contributed by atoms with Crippen LogP contribution in [0.15, 0.2) is 48.8 Å². The molecule has 1 saturated carbocycles. The number of alkyl halides is 3. The number of carbonyl (C=O) groups excluding carboxylic acids is 2. The van der Waals surface area contributed by atoms with Gasteiger partial charge in [0.1, 0.15) is 0 Å². The minimum Gasteiger partial charge on any atom is -0.475 e. The molecule has 0 unspecified atom stereocenters. The molecule has 2 aromatic rings. The van der Waals surface area contributed by atoms with Gasteiger partial charge in [0.15, 0.2) is 0 Å². The van der Waals surface area contributed by atoms with Crippen molar-refractivity contribution in [2.45, 2.75) is 31.5 Å². The first-order valence-corrected chi connectivity index (χ1v) is 9.19. The maximum Gasteiger partial charge on any atom is 0.490 e. The second-order valence-corrected chi connectivity index (χ2v) is 6.71. The highest BCUT2D eigenvalue weighted by molar-refractivity contribution is 5.95. The van der Waals surface area contributed by atoms with Crippen LogP contribution in [0.2, 0.25) is 0 Å². The van der Waals surface area contributed by atoms with Crippen molar-refractivity contribution in [3.63, 3.8) is 0 Å². The molecule has 2 amide bonds. The molecule has 0 aliphatic heterocycles. The van der Waals surface area contributed by atoms with Gasteiger partial charge in [-0.05, 0) is 48.2 Å². The molecule has 8 nitrogen and oxygen atoms in total. The fraction of sp³-hybridized carbons (Fsp3) is 0.300. The highest BCUT2D eigenvalue weighted by atomic mass is 19.4. The number of pyridine rings is 1. The SMILES string of the molecule is O=C(N[C@@H]1CCC[C@@H]1C(=O)NO)c1ccc(-c2ccncc2)cc1.O=C(O)C(F)(F)F. The number of nitrogens with one attached hydrogen (secondary N) is 2. The Morgan fingerprint density at radius 1 is 0.968 bits per heavy atom. The lowest BCUT2D eigenvalue weighted by molar-refractivity contribution is -0.192. The third kappa shape index (κ3) is 6.78. The Labute approximate surface area is 175 Å². The van der Waals surface area contributed by atoms with Gasteiger partial charge in [0.05, 0.1) is 5.92 Å². The van der Waals surface area contributed by atoms with Crippen molar-refractivity contribution < 1.29 is 37.9 Å². The zero-order valence-electron chi connectivity index (χ0n) is 16.1. The summed E-state index contributed by atoms with van der Waals surface area (Å²) in [4.78, 5) is 36.9. The van der Waals surface area contributed by atoms with Crippen LogP contribution >= 0.6 is 0 Å². The zero-order valence-corrected chi connectivity index (χ0v) is 16.1. The van der Waals surface area contributed by atoms with Crippen molar-refractivity contribution in [2.75, 3.05) is 0 Å². The van der Waals surface area contributed by atoms with Crippen LogP contribution in [0, 0.1) is 5.92 Å². The van der Waals surface area contributed by atoms with E-state index in [1.165, 1.54) is 0 Å². The Kier molecular flexibility index (Phi) is 8.08. The number of carboxylic acids is 1. The van der Waals surface area contributed by atoms with Crippen molar-refractivity contribution >= 4 is 17.8 Å². The summed E-state index contributed by atoms with van der Waals surface area (Å²) in [5.74, 6) is -3.78. The first-order valence-electron chi connectivity index (χ1n) is 9.19. The van der Waals surface area contributed by atoms with Crippen molar-refractivity contribution in [1.82, 2.24) is 15.8 Å². The maximum absolute atomic E-state index is 12.4. The largest absolute Gasteiger partial charge is 0.490 e. The summed E-state index contributed by atoms with van der Waals surface area (Å²) in [5.41, 5.74) is 4.27. The van der Waals surface area contributed by atoms with Gasteiger partial charge in [-0.1, -0.05) is 18.6 Å². The van der Waals surface area contributed by atoms with Gasteiger partial charge in [0.2, 0.25) is 5.91 Å². The lowest BCUT2D eigenvalue weighted by Gasteiger charge is -2.19. The molecule has 1 aromatic carbocycles. The third-order valence-corrected chi connectivity index (χ3v) is 4.68. The van der Waals surface area contributed by atoms with Gasteiger partial charge in [-0.2, -0.15) is 13.2 Å². The highest BCUT2D eigenvalue weighted by Gasteiger charge is 2.38. The summed E-state index contributed by atoms with van der Waals surface area (Å²) >= 11 is 0. The molecular formula is C20H20F3N3O5. The summed E-state index contributed by atoms with van der Waals surface area (Å²) in [5, 5.41) is 18.8. The summed E-state index contributed by atoms with van der Waals surface area (Å²) in [6.07, 6.45) is 0.617. The Hall–Kier alpha value is -3.47. The Morgan fingerprint density at radius 2 is 1.52 bits per heavy atom. The summed E-state index contributed by atoms with van der Waals surface area (Å²) < 4.78 is 31.7. The number of halogens is 3. The molecule has 0 bridgehead atoms. The number of carboxylic acid groups (broad SMARTS) is 1. The first-order chi connectivity index (χ1) is 14.6. The van der Waals surface area contributed by atoms with E-state index in [-0.39, 0.29) is 17.9 Å².